The number of carbonyl (C=O) groups is 1. The molecule has 0 aliphatic heterocycles. The van der Waals surface area contributed by atoms with Crippen LogP contribution < -0.4 is 4.74 Å². The monoisotopic (exact) mass is 232 g/mol. The minimum atomic E-state index is 0.230. The number of benzene rings is 1. The molecule has 1 saturated carbocycles. The van der Waals surface area contributed by atoms with Gasteiger partial charge in [-0.25, -0.2) is 0 Å². The van der Waals surface area contributed by atoms with E-state index in [0.29, 0.717) is 5.92 Å². The Morgan fingerprint density at radius 2 is 2.00 bits per heavy atom. The maximum atomic E-state index is 11.5. The Labute approximate surface area is 103 Å². The first-order valence-electron chi connectivity index (χ1n) is 6.46. The number of ketones is 1. The molecule has 2 rings (SSSR count). The molecule has 1 fully saturated rings. The summed E-state index contributed by atoms with van der Waals surface area (Å²) in [6.07, 6.45) is 3.24. The van der Waals surface area contributed by atoms with Crippen molar-refractivity contribution in [3.63, 3.8) is 0 Å². The summed E-state index contributed by atoms with van der Waals surface area (Å²) in [6.45, 7) is 4.63. The number of ether oxygens (including phenoxy) is 1. The third kappa shape index (κ3) is 3.32. The summed E-state index contributed by atoms with van der Waals surface area (Å²) in [5.74, 6) is 1.91. The fourth-order valence-corrected chi connectivity index (χ4v) is 1.81. The standard InChI is InChI=1S/C15H20O2/c1-3-11(2)12-6-8-14(9-7-12)17-10-15(16)13-4-5-13/h6-9,11,13H,3-5,10H2,1-2H3. The average molecular weight is 232 g/mol. The summed E-state index contributed by atoms with van der Waals surface area (Å²) in [4.78, 5) is 11.5. The van der Waals surface area contributed by atoms with Gasteiger partial charge in [0.25, 0.3) is 0 Å². The molecule has 1 aliphatic carbocycles. The maximum absolute atomic E-state index is 11.5. The van der Waals surface area contributed by atoms with Crippen molar-refractivity contribution in [2.24, 2.45) is 5.92 Å². The zero-order valence-electron chi connectivity index (χ0n) is 10.6. The molecule has 2 heteroatoms. The van der Waals surface area contributed by atoms with Crippen molar-refractivity contribution in [3.8, 4) is 5.75 Å². The molecule has 92 valence electrons. The number of Topliss-reactive ketones (excluding diaryl/α,β-unsaturated/α-hetero) is 1. The van der Waals surface area contributed by atoms with Gasteiger partial charge in [0.2, 0.25) is 0 Å². The highest BCUT2D eigenvalue weighted by atomic mass is 16.5. The van der Waals surface area contributed by atoms with Crippen LogP contribution in [-0.2, 0) is 4.79 Å². The van der Waals surface area contributed by atoms with Gasteiger partial charge in [0, 0.05) is 5.92 Å². The van der Waals surface area contributed by atoms with Crippen molar-refractivity contribution in [1.82, 2.24) is 0 Å². The summed E-state index contributed by atoms with van der Waals surface area (Å²) in [5.41, 5.74) is 1.33. The van der Waals surface area contributed by atoms with E-state index in [4.69, 9.17) is 4.74 Å². The van der Waals surface area contributed by atoms with Crippen LogP contribution in [0.15, 0.2) is 24.3 Å². The van der Waals surface area contributed by atoms with Crippen LogP contribution in [0.4, 0.5) is 0 Å². The summed E-state index contributed by atoms with van der Waals surface area (Å²) in [5, 5.41) is 0. The summed E-state index contributed by atoms with van der Waals surface area (Å²) in [6, 6.07) is 8.10. The zero-order chi connectivity index (χ0) is 12.3. The molecule has 0 bridgehead atoms. The van der Waals surface area contributed by atoms with Crippen molar-refractivity contribution in [1.29, 1.82) is 0 Å². The van der Waals surface area contributed by atoms with Crippen molar-refractivity contribution in [2.45, 2.75) is 39.0 Å². The van der Waals surface area contributed by atoms with E-state index in [1.807, 2.05) is 12.1 Å². The van der Waals surface area contributed by atoms with E-state index in [0.717, 1.165) is 25.0 Å². The molecule has 17 heavy (non-hydrogen) atoms. The van der Waals surface area contributed by atoms with Crippen LogP contribution in [0.25, 0.3) is 0 Å². The Kier molecular flexibility index (Phi) is 3.82. The molecule has 0 heterocycles. The van der Waals surface area contributed by atoms with Crippen LogP contribution in [0.1, 0.15) is 44.6 Å². The first-order valence-corrected chi connectivity index (χ1v) is 6.46. The van der Waals surface area contributed by atoms with Crippen molar-refractivity contribution < 1.29 is 9.53 Å². The zero-order valence-corrected chi connectivity index (χ0v) is 10.6. The van der Waals surface area contributed by atoms with Crippen LogP contribution in [0.2, 0.25) is 0 Å². The van der Waals surface area contributed by atoms with Gasteiger partial charge in [0.15, 0.2) is 5.78 Å². The van der Waals surface area contributed by atoms with E-state index in [1.165, 1.54) is 5.56 Å². The molecule has 0 amide bonds. The van der Waals surface area contributed by atoms with Gasteiger partial charge in [-0.2, -0.15) is 0 Å². The predicted octanol–water partition coefficient (Wildman–Crippen LogP) is 3.56. The number of hydrogen-bond donors (Lipinski definition) is 0. The predicted molar refractivity (Wildman–Crippen MR) is 68.4 cm³/mol. The Bertz CT molecular complexity index is 376. The van der Waals surface area contributed by atoms with E-state index in [9.17, 15) is 4.79 Å². The van der Waals surface area contributed by atoms with E-state index in [1.54, 1.807) is 0 Å². The first kappa shape index (κ1) is 12.2. The van der Waals surface area contributed by atoms with Gasteiger partial charge in [-0.1, -0.05) is 26.0 Å². The number of rotatable bonds is 6. The van der Waals surface area contributed by atoms with Crippen molar-refractivity contribution >= 4 is 5.78 Å². The average Bonchev–Trinajstić information content (AvgIpc) is 3.20. The SMILES string of the molecule is CCC(C)c1ccc(OCC(=O)C2CC2)cc1. The van der Waals surface area contributed by atoms with Gasteiger partial charge in [0.05, 0.1) is 0 Å². The highest BCUT2D eigenvalue weighted by molar-refractivity contribution is 5.84. The molecule has 1 unspecified atom stereocenters. The van der Waals surface area contributed by atoms with Crippen molar-refractivity contribution in [3.05, 3.63) is 29.8 Å². The first-order chi connectivity index (χ1) is 8.20. The second kappa shape index (κ2) is 5.35. The third-order valence-electron chi connectivity index (χ3n) is 3.48. The topological polar surface area (TPSA) is 26.3 Å². The molecule has 0 spiro atoms. The number of carbonyl (C=O) groups excluding carboxylic acids is 1. The highest BCUT2D eigenvalue weighted by Crippen LogP contribution is 2.30. The van der Waals surface area contributed by atoms with Crippen LogP contribution in [-0.4, -0.2) is 12.4 Å². The third-order valence-corrected chi connectivity index (χ3v) is 3.48. The molecule has 1 aromatic rings. The molecular weight excluding hydrogens is 212 g/mol. The Morgan fingerprint density at radius 3 is 2.53 bits per heavy atom. The second-order valence-electron chi connectivity index (χ2n) is 4.91. The lowest BCUT2D eigenvalue weighted by molar-refractivity contribution is -0.122. The molecule has 1 atom stereocenters. The lowest BCUT2D eigenvalue weighted by Crippen LogP contribution is -2.12. The fourth-order valence-electron chi connectivity index (χ4n) is 1.81. The summed E-state index contributed by atoms with van der Waals surface area (Å²) >= 11 is 0. The number of hydrogen-bond acceptors (Lipinski definition) is 2. The maximum Gasteiger partial charge on any atom is 0.173 e. The molecule has 0 aromatic heterocycles. The van der Waals surface area contributed by atoms with Gasteiger partial charge in [-0.05, 0) is 42.9 Å². The van der Waals surface area contributed by atoms with Crippen LogP contribution >= 0.6 is 0 Å². The molecule has 0 saturated heterocycles. The van der Waals surface area contributed by atoms with Crippen LogP contribution in [0.5, 0.6) is 5.75 Å². The lowest BCUT2D eigenvalue weighted by Gasteiger charge is -2.10. The Morgan fingerprint density at radius 1 is 1.35 bits per heavy atom. The molecule has 0 N–H and O–H groups in total. The minimum Gasteiger partial charge on any atom is -0.486 e. The van der Waals surface area contributed by atoms with Gasteiger partial charge >= 0.3 is 0 Å². The van der Waals surface area contributed by atoms with Gasteiger partial charge in [0.1, 0.15) is 12.4 Å². The van der Waals surface area contributed by atoms with Crippen LogP contribution in [0.3, 0.4) is 0 Å². The Hall–Kier alpha value is -1.31. The van der Waals surface area contributed by atoms with E-state index >= 15 is 0 Å². The Balaban J connectivity index is 1.86. The molecule has 0 radical (unpaired) electrons. The van der Waals surface area contributed by atoms with E-state index in [2.05, 4.69) is 26.0 Å². The highest BCUT2D eigenvalue weighted by Gasteiger charge is 2.29. The van der Waals surface area contributed by atoms with Gasteiger partial charge < -0.3 is 4.74 Å². The quantitative estimate of drug-likeness (QED) is 0.749. The lowest BCUT2D eigenvalue weighted by atomic mass is 9.99. The van der Waals surface area contributed by atoms with E-state index in [-0.39, 0.29) is 18.3 Å². The second-order valence-corrected chi connectivity index (χ2v) is 4.91. The van der Waals surface area contributed by atoms with Crippen molar-refractivity contribution in [2.75, 3.05) is 6.61 Å². The smallest absolute Gasteiger partial charge is 0.173 e. The van der Waals surface area contributed by atoms with E-state index < -0.39 is 0 Å². The van der Waals surface area contributed by atoms with Gasteiger partial charge in [-0.3, -0.25) is 4.79 Å². The largest absolute Gasteiger partial charge is 0.486 e. The molecule has 1 aliphatic rings. The summed E-state index contributed by atoms with van der Waals surface area (Å²) < 4.78 is 5.49. The molecular formula is C15H20O2. The summed E-state index contributed by atoms with van der Waals surface area (Å²) in [7, 11) is 0. The van der Waals surface area contributed by atoms with Gasteiger partial charge in [-0.15, -0.1) is 0 Å². The normalized spacial score (nSPS) is 16.6. The molecule has 2 nitrogen and oxygen atoms in total. The minimum absolute atomic E-state index is 0.230. The fraction of sp³-hybridized carbons (Fsp3) is 0.533. The molecule has 1 aromatic carbocycles. The van der Waals surface area contributed by atoms with Crippen LogP contribution in [0, 0.1) is 5.92 Å².